The van der Waals surface area contributed by atoms with Crippen LogP contribution in [0.5, 0.6) is 0 Å². The number of piperidine rings is 1. The predicted molar refractivity (Wildman–Crippen MR) is 105 cm³/mol. The van der Waals surface area contributed by atoms with Gasteiger partial charge in [-0.05, 0) is 42.6 Å². The Morgan fingerprint density at radius 3 is 2.74 bits per heavy atom. The summed E-state index contributed by atoms with van der Waals surface area (Å²) in [6, 6.07) is 0. The lowest BCUT2D eigenvalue weighted by Crippen LogP contribution is -2.32. The molecule has 1 saturated heterocycles. The van der Waals surface area contributed by atoms with E-state index in [-0.39, 0.29) is 17.1 Å². The molecule has 4 rings (SSSR count). The fraction of sp³-hybridized carbons (Fsp3) is 0.333. The normalized spacial score (nSPS) is 19.9. The predicted octanol–water partition coefficient (Wildman–Crippen LogP) is 1.93. The molecular weight excluding hydrogens is 366 g/mol. The third-order valence-electron chi connectivity index (χ3n) is 4.83. The zero-order chi connectivity index (χ0) is 19.1. The lowest BCUT2D eigenvalue weighted by atomic mass is 10.00. The number of anilines is 2. The summed E-state index contributed by atoms with van der Waals surface area (Å²) in [7, 11) is 0. The fourth-order valence-corrected chi connectivity index (χ4v) is 4.08. The van der Waals surface area contributed by atoms with Gasteiger partial charge >= 0.3 is 0 Å². The van der Waals surface area contributed by atoms with Gasteiger partial charge in [0.15, 0.2) is 5.76 Å². The first-order valence-corrected chi connectivity index (χ1v) is 9.53. The van der Waals surface area contributed by atoms with Crippen molar-refractivity contribution in [1.29, 1.82) is 0 Å². The number of nitrogens with two attached hydrogens (primary N) is 1. The van der Waals surface area contributed by atoms with Crippen molar-refractivity contribution in [2.24, 2.45) is 5.92 Å². The number of hydrogen-bond acceptors (Lipinski definition) is 8. The second kappa shape index (κ2) is 6.66. The van der Waals surface area contributed by atoms with E-state index < -0.39 is 11.3 Å². The molecule has 0 amide bonds. The van der Waals surface area contributed by atoms with E-state index in [1.54, 1.807) is 0 Å². The number of fused-ring (bicyclic) bond motifs is 1. The molecule has 0 spiro atoms. The van der Waals surface area contributed by atoms with Crippen LogP contribution in [-0.2, 0) is 4.79 Å². The highest BCUT2D eigenvalue weighted by Crippen LogP contribution is 2.28. The summed E-state index contributed by atoms with van der Waals surface area (Å²) in [4.78, 5) is 30.5. The van der Waals surface area contributed by atoms with Crippen LogP contribution in [0.4, 0.5) is 10.9 Å². The third-order valence-corrected chi connectivity index (χ3v) is 5.80. The van der Waals surface area contributed by atoms with Gasteiger partial charge in [-0.2, -0.15) is 9.50 Å². The van der Waals surface area contributed by atoms with Gasteiger partial charge in [-0.15, -0.1) is 5.10 Å². The minimum atomic E-state index is -0.481. The van der Waals surface area contributed by atoms with Crippen molar-refractivity contribution < 1.29 is 9.90 Å². The van der Waals surface area contributed by atoms with Gasteiger partial charge in [0.1, 0.15) is 5.82 Å². The lowest BCUT2D eigenvalue weighted by molar-refractivity contribution is -0.113. The van der Waals surface area contributed by atoms with Crippen LogP contribution in [0, 0.1) is 5.92 Å². The van der Waals surface area contributed by atoms with Crippen molar-refractivity contribution in [2.45, 2.75) is 19.8 Å². The number of carbonyl (C=O) groups excluding carboxylic acids is 1. The highest BCUT2D eigenvalue weighted by Gasteiger charge is 2.21. The van der Waals surface area contributed by atoms with Gasteiger partial charge in [0, 0.05) is 13.1 Å². The number of ketones is 1. The fourth-order valence-electron chi connectivity index (χ4n) is 3.13. The first kappa shape index (κ1) is 17.5. The quantitative estimate of drug-likeness (QED) is 0.812. The van der Waals surface area contributed by atoms with Crippen LogP contribution in [0.3, 0.4) is 0 Å². The van der Waals surface area contributed by atoms with Crippen molar-refractivity contribution >= 4 is 39.1 Å². The second-order valence-corrected chi connectivity index (χ2v) is 7.77. The van der Waals surface area contributed by atoms with E-state index >= 15 is 0 Å². The van der Waals surface area contributed by atoms with Crippen molar-refractivity contribution in [1.82, 2.24) is 14.6 Å². The first-order chi connectivity index (χ1) is 12.9. The average molecular weight is 385 g/mol. The van der Waals surface area contributed by atoms with Gasteiger partial charge in [0.05, 0.1) is 5.56 Å². The van der Waals surface area contributed by atoms with E-state index in [9.17, 15) is 14.7 Å². The number of aromatic nitrogens is 3. The van der Waals surface area contributed by atoms with Crippen molar-refractivity contribution in [3.63, 3.8) is 0 Å². The lowest BCUT2D eigenvalue weighted by Gasteiger charge is -2.29. The molecule has 3 N–H and O–H groups in total. The van der Waals surface area contributed by atoms with Gasteiger partial charge in [0.2, 0.25) is 15.9 Å². The number of nitrogen functional groups attached to an aromatic ring is 1. The van der Waals surface area contributed by atoms with Gasteiger partial charge in [0.25, 0.3) is 5.56 Å². The van der Waals surface area contributed by atoms with Crippen molar-refractivity contribution in [2.75, 3.05) is 23.7 Å². The van der Waals surface area contributed by atoms with Gasteiger partial charge in [-0.25, -0.2) is 0 Å². The average Bonchev–Trinajstić information content (AvgIpc) is 3.06. The largest absolute Gasteiger partial charge is 0.504 e. The van der Waals surface area contributed by atoms with Gasteiger partial charge in [-0.3, -0.25) is 9.59 Å². The highest BCUT2D eigenvalue weighted by atomic mass is 32.1. The molecule has 0 radical (unpaired) electrons. The summed E-state index contributed by atoms with van der Waals surface area (Å²) in [6.45, 7) is 4.09. The number of nitrogens with zero attached hydrogens (tertiary/aromatic N) is 4. The molecule has 9 heteroatoms. The zero-order valence-electron chi connectivity index (χ0n) is 14.8. The molecule has 140 valence electrons. The summed E-state index contributed by atoms with van der Waals surface area (Å²) >= 11 is 1.34. The van der Waals surface area contributed by atoms with Crippen LogP contribution < -0.4 is 16.2 Å². The SMILES string of the molecule is CC1CCN(c2nn3c(N)c(C=C4C=CC(=O)C(O)=C4)c(=O)nc3s2)CC1. The van der Waals surface area contributed by atoms with Gasteiger partial charge < -0.3 is 15.7 Å². The summed E-state index contributed by atoms with van der Waals surface area (Å²) in [6.07, 6.45) is 7.74. The van der Waals surface area contributed by atoms with Crippen LogP contribution >= 0.6 is 11.3 Å². The highest BCUT2D eigenvalue weighted by molar-refractivity contribution is 7.20. The zero-order valence-corrected chi connectivity index (χ0v) is 15.6. The Bertz CT molecular complexity index is 1070. The molecule has 0 saturated carbocycles. The third kappa shape index (κ3) is 3.25. The van der Waals surface area contributed by atoms with Crippen LogP contribution in [-0.4, -0.2) is 38.6 Å². The summed E-state index contributed by atoms with van der Waals surface area (Å²) in [5.41, 5.74) is 6.38. The number of aliphatic hydroxyl groups is 1. The number of rotatable bonds is 2. The number of hydrogen-bond donors (Lipinski definition) is 2. The molecule has 2 aliphatic rings. The molecule has 0 unspecified atom stereocenters. The minimum absolute atomic E-state index is 0.176. The van der Waals surface area contributed by atoms with E-state index in [0.717, 1.165) is 31.1 Å². The smallest absolute Gasteiger partial charge is 0.283 e. The molecule has 1 aliphatic carbocycles. The Balaban J connectivity index is 1.74. The Kier molecular flexibility index (Phi) is 4.31. The molecule has 8 nitrogen and oxygen atoms in total. The van der Waals surface area contributed by atoms with Crippen LogP contribution in [0.25, 0.3) is 11.0 Å². The molecule has 0 atom stereocenters. The van der Waals surface area contributed by atoms with Crippen LogP contribution in [0.15, 0.2) is 34.4 Å². The Labute approximate surface area is 158 Å². The molecule has 2 aromatic rings. The van der Waals surface area contributed by atoms with Gasteiger partial charge in [-0.1, -0.05) is 24.3 Å². The molecule has 2 aromatic heterocycles. The molecule has 1 fully saturated rings. The first-order valence-electron chi connectivity index (χ1n) is 8.71. The summed E-state index contributed by atoms with van der Waals surface area (Å²) in [5.74, 6) is 0.0264. The van der Waals surface area contributed by atoms with Crippen LogP contribution in [0.1, 0.15) is 25.3 Å². The number of carbonyl (C=O) groups is 1. The summed E-state index contributed by atoms with van der Waals surface area (Å²) in [5, 5.41) is 14.9. The Hall–Kier alpha value is -2.94. The van der Waals surface area contributed by atoms with Crippen molar-refractivity contribution in [3.8, 4) is 0 Å². The van der Waals surface area contributed by atoms with E-state index in [0.29, 0.717) is 16.5 Å². The maximum Gasteiger partial charge on any atom is 0.283 e. The molecule has 27 heavy (non-hydrogen) atoms. The maximum absolute atomic E-state index is 12.4. The summed E-state index contributed by atoms with van der Waals surface area (Å²) < 4.78 is 1.48. The molecular formula is C18H19N5O3S. The number of allylic oxidation sites excluding steroid dienone is 4. The second-order valence-electron chi connectivity index (χ2n) is 6.84. The maximum atomic E-state index is 12.4. The Morgan fingerprint density at radius 2 is 2.04 bits per heavy atom. The van der Waals surface area contributed by atoms with Crippen LogP contribution in [0.2, 0.25) is 0 Å². The van der Waals surface area contributed by atoms with E-state index in [4.69, 9.17) is 5.73 Å². The van der Waals surface area contributed by atoms with E-state index in [1.165, 1.54) is 40.2 Å². The van der Waals surface area contributed by atoms with Crippen molar-refractivity contribution in [3.05, 3.63) is 45.5 Å². The van der Waals surface area contributed by atoms with E-state index in [1.807, 2.05) is 0 Å². The topological polar surface area (TPSA) is 114 Å². The molecule has 1 aliphatic heterocycles. The molecule has 3 heterocycles. The van der Waals surface area contributed by atoms with E-state index in [2.05, 4.69) is 21.9 Å². The Morgan fingerprint density at radius 1 is 1.30 bits per heavy atom. The monoisotopic (exact) mass is 385 g/mol. The standard InChI is InChI=1S/C18H19N5O3S/c1-10-4-6-22(7-5-10)18-21-23-15(19)12(16(26)20-17(23)27-18)8-11-2-3-13(24)14(25)9-11/h2-3,8-10,25H,4-7,19H2,1H3. The molecule has 0 bridgehead atoms. The molecule has 0 aromatic carbocycles. The number of aliphatic hydroxyl groups excluding tert-OH is 1. The minimum Gasteiger partial charge on any atom is -0.504 e.